The van der Waals surface area contributed by atoms with Gasteiger partial charge in [0.05, 0.1) is 12.1 Å². The first-order valence-electron chi connectivity index (χ1n) is 9.26. The maximum atomic E-state index is 12.5. The minimum Gasteiger partial charge on any atom is -0.480 e. The van der Waals surface area contributed by atoms with E-state index in [1.807, 2.05) is 0 Å². The molecule has 0 unspecified atom stereocenters. The number of nitrogens with one attached hydrogen (secondary N) is 3. The Labute approximate surface area is 168 Å². The number of carbonyl (C=O) groups is 4. The van der Waals surface area contributed by atoms with Gasteiger partial charge in [-0.1, -0.05) is 0 Å². The van der Waals surface area contributed by atoms with E-state index < -0.39 is 54.0 Å². The van der Waals surface area contributed by atoms with Gasteiger partial charge in [-0.3, -0.25) is 14.4 Å². The van der Waals surface area contributed by atoms with E-state index in [0.29, 0.717) is 0 Å². The average molecular weight is 419 g/mol. The number of carboxylic acids is 1. The smallest absolute Gasteiger partial charge is 0.326 e. The molecule has 29 heavy (non-hydrogen) atoms. The lowest BCUT2D eigenvalue weighted by Gasteiger charge is -2.26. The van der Waals surface area contributed by atoms with Crippen molar-refractivity contribution in [1.29, 1.82) is 0 Å². The summed E-state index contributed by atoms with van der Waals surface area (Å²) in [6.45, 7) is 1.48. The van der Waals surface area contributed by atoms with Gasteiger partial charge in [0.2, 0.25) is 17.7 Å². The molecule has 13 N–H and O–H groups in total. The lowest BCUT2D eigenvalue weighted by Crippen LogP contribution is -2.60. The maximum absolute atomic E-state index is 12.5. The summed E-state index contributed by atoms with van der Waals surface area (Å²) in [6, 6.07) is -4.77. The summed E-state index contributed by atoms with van der Waals surface area (Å²) in [5, 5.41) is 25.9. The highest BCUT2D eigenvalue weighted by molar-refractivity contribution is 5.94. The average Bonchev–Trinajstić information content (AvgIpc) is 2.64. The predicted octanol–water partition coefficient (Wildman–Crippen LogP) is -4.72. The van der Waals surface area contributed by atoms with Crippen molar-refractivity contribution in [3.8, 4) is 0 Å². The van der Waals surface area contributed by atoms with Crippen molar-refractivity contribution in [3.05, 3.63) is 0 Å². The van der Waals surface area contributed by atoms with Gasteiger partial charge in [0.15, 0.2) is 0 Å². The van der Waals surface area contributed by atoms with Crippen molar-refractivity contribution in [2.75, 3.05) is 19.6 Å². The van der Waals surface area contributed by atoms with Crippen LogP contribution in [0.25, 0.3) is 0 Å². The zero-order valence-corrected chi connectivity index (χ0v) is 16.5. The normalized spacial score (nSPS) is 16.1. The summed E-state index contributed by atoms with van der Waals surface area (Å²) in [5.41, 5.74) is 21.8. The molecule has 0 saturated carbocycles. The Morgan fingerprint density at radius 2 is 1.28 bits per heavy atom. The lowest BCUT2D eigenvalue weighted by molar-refractivity contribution is -0.142. The van der Waals surface area contributed by atoms with E-state index in [9.17, 15) is 24.3 Å². The molecule has 0 aromatic rings. The van der Waals surface area contributed by atoms with Crippen molar-refractivity contribution < 1.29 is 29.4 Å². The van der Waals surface area contributed by atoms with Crippen molar-refractivity contribution in [2.45, 2.75) is 56.5 Å². The molecule has 0 fully saturated rings. The number of aliphatic hydroxyl groups excluding tert-OH is 1. The fourth-order valence-electron chi connectivity index (χ4n) is 2.37. The van der Waals surface area contributed by atoms with E-state index in [2.05, 4.69) is 16.0 Å². The van der Waals surface area contributed by atoms with E-state index in [0.717, 1.165) is 0 Å². The first kappa shape index (κ1) is 26.7. The topological polar surface area (TPSA) is 249 Å². The zero-order chi connectivity index (χ0) is 22.6. The molecule has 13 heteroatoms. The van der Waals surface area contributed by atoms with Crippen LogP contribution < -0.4 is 38.9 Å². The molecule has 0 rings (SSSR count). The number of amides is 3. The third kappa shape index (κ3) is 9.62. The molecule has 0 spiro atoms. The summed E-state index contributed by atoms with van der Waals surface area (Å²) in [6.07, 6.45) is -1.12. The molecule has 0 heterocycles. The predicted molar refractivity (Wildman–Crippen MR) is 104 cm³/mol. The van der Waals surface area contributed by atoms with Gasteiger partial charge in [-0.25, -0.2) is 4.79 Å². The van der Waals surface area contributed by atoms with Crippen molar-refractivity contribution in [3.63, 3.8) is 0 Å². The molecular weight excluding hydrogens is 386 g/mol. The highest BCUT2D eigenvalue weighted by Gasteiger charge is 2.31. The lowest BCUT2D eigenvalue weighted by atomic mass is 10.1. The quantitative estimate of drug-likeness (QED) is 0.130. The van der Waals surface area contributed by atoms with E-state index in [1.165, 1.54) is 6.92 Å². The number of aliphatic carboxylic acids is 1. The van der Waals surface area contributed by atoms with Crippen LogP contribution in [0.5, 0.6) is 0 Å². The van der Waals surface area contributed by atoms with Gasteiger partial charge in [-0.15, -0.1) is 0 Å². The van der Waals surface area contributed by atoms with Gasteiger partial charge < -0.3 is 49.1 Å². The summed E-state index contributed by atoms with van der Waals surface area (Å²) in [5.74, 6) is -3.59. The van der Waals surface area contributed by atoms with E-state index in [-0.39, 0.29) is 38.9 Å². The van der Waals surface area contributed by atoms with Gasteiger partial charge in [-0.2, -0.15) is 0 Å². The Morgan fingerprint density at radius 3 is 1.72 bits per heavy atom. The van der Waals surface area contributed by atoms with Gasteiger partial charge in [0.1, 0.15) is 18.1 Å². The Balaban J connectivity index is 5.20. The number of hydrogen-bond donors (Lipinski definition) is 9. The molecule has 168 valence electrons. The van der Waals surface area contributed by atoms with Crippen LogP contribution in [0, 0.1) is 0 Å². The molecule has 0 saturated heterocycles. The van der Waals surface area contributed by atoms with Crippen LogP contribution in [-0.4, -0.2) is 83.8 Å². The molecule has 0 aliphatic heterocycles. The number of carbonyl (C=O) groups excluding carboxylic acids is 3. The minimum atomic E-state index is -1.39. The first-order valence-corrected chi connectivity index (χ1v) is 9.26. The fraction of sp³-hybridized carbons (Fsp3) is 0.750. The second-order valence-corrected chi connectivity index (χ2v) is 6.53. The van der Waals surface area contributed by atoms with Gasteiger partial charge in [0, 0.05) is 0 Å². The molecule has 0 aliphatic rings. The summed E-state index contributed by atoms with van der Waals surface area (Å²) >= 11 is 0. The Bertz CT molecular complexity index is 560. The van der Waals surface area contributed by atoms with Crippen LogP contribution in [0.1, 0.15) is 26.2 Å². The van der Waals surface area contributed by atoms with E-state index >= 15 is 0 Å². The molecule has 13 nitrogen and oxygen atoms in total. The maximum Gasteiger partial charge on any atom is 0.326 e. The molecule has 0 aromatic heterocycles. The number of aliphatic hydroxyl groups is 1. The van der Waals surface area contributed by atoms with E-state index in [4.69, 9.17) is 28.0 Å². The Hall–Kier alpha value is -2.32. The van der Waals surface area contributed by atoms with Crippen LogP contribution in [0.2, 0.25) is 0 Å². The fourth-order valence-corrected chi connectivity index (χ4v) is 2.37. The van der Waals surface area contributed by atoms with Crippen LogP contribution >= 0.6 is 0 Å². The largest absolute Gasteiger partial charge is 0.480 e. The summed E-state index contributed by atoms with van der Waals surface area (Å²) in [4.78, 5) is 48.1. The monoisotopic (exact) mass is 419 g/mol. The molecule has 5 atom stereocenters. The summed E-state index contributed by atoms with van der Waals surface area (Å²) in [7, 11) is 0. The number of hydrogen-bond acceptors (Lipinski definition) is 9. The second kappa shape index (κ2) is 13.8. The van der Waals surface area contributed by atoms with Crippen LogP contribution in [0.15, 0.2) is 0 Å². The number of rotatable bonds is 14. The molecular formula is C16H33N7O6. The third-order valence-corrected chi connectivity index (χ3v) is 4.04. The molecule has 3 amide bonds. The van der Waals surface area contributed by atoms with E-state index in [1.54, 1.807) is 0 Å². The standard InChI is InChI=1S/C16H33N7O6/c1-8(24)12(23-13(25)9(20)2-5-17)15(27)21-10(3-6-18)14(26)22-11(4-7-19)16(28)29/h8-12,24H,2-7,17-20H2,1H3,(H,21,27)(H,22,26)(H,23,25)(H,28,29)/t8-,9+,10+,11+,12+/m1/s1. The summed E-state index contributed by atoms with van der Waals surface area (Å²) < 4.78 is 0. The zero-order valence-electron chi connectivity index (χ0n) is 16.5. The van der Waals surface area contributed by atoms with Crippen molar-refractivity contribution >= 4 is 23.7 Å². The van der Waals surface area contributed by atoms with Crippen LogP contribution in [0.4, 0.5) is 0 Å². The molecule has 0 bridgehead atoms. The number of nitrogens with two attached hydrogens (primary N) is 4. The number of carboxylic acid groups (broad SMARTS) is 1. The molecule has 0 aliphatic carbocycles. The minimum absolute atomic E-state index is 0.000297. The van der Waals surface area contributed by atoms with Crippen molar-refractivity contribution in [2.24, 2.45) is 22.9 Å². The van der Waals surface area contributed by atoms with Crippen LogP contribution in [-0.2, 0) is 19.2 Å². The second-order valence-electron chi connectivity index (χ2n) is 6.53. The Morgan fingerprint density at radius 1 is 0.793 bits per heavy atom. The van der Waals surface area contributed by atoms with Gasteiger partial charge >= 0.3 is 5.97 Å². The highest BCUT2D eigenvalue weighted by atomic mass is 16.4. The first-order chi connectivity index (χ1) is 13.6. The molecule has 0 aromatic carbocycles. The SMILES string of the molecule is C[C@@H](O)[C@H](NC(=O)[C@@H](N)CCN)C(=O)N[C@@H](CCN)C(=O)N[C@@H](CCN)C(=O)O. The van der Waals surface area contributed by atoms with Gasteiger partial charge in [0.25, 0.3) is 0 Å². The third-order valence-electron chi connectivity index (χ3n) is 4.04. The Kier molecular flexibility index (Phi) is 12.7. The van der Waals surface area contributed by atoms with Gasteiger partial charge in [-0.05, 0) is 45.8 Å². The molecule has 0 radical (unpaired) electrons. The van der Waals surface area contributed by atoms with Crippen LogP contribution in [0.3, 0.4) is 0 Å². The van der Waals surface area contributed by atoms with Crippen molar-refractivity contribution in [1.82, 2.24) is 16.0 Å². The highest BCUT2D eigenvalue weighted by Crippen LogP contribution is 2.01.